The first-order valence-corrected chi connectivity index (χ1v) is 11.6. The molecule has 1 aromatic carbocycles. The van der Waals surface area contributed by atoms with Crippen molar-refractivity contribution in [3.05, 3.63) is 23.8 Å². The lowest BCUT2D eigenvalue weighted by Crippen LogP contribution is -2.42. The molecule has 0 radical (unpaired) electrons. The van der Waals surface area contributed by atoms with Crippen molar-refractivity contribution >= 4 is 21.8 Å². The Morgan fingerprint density at radius 3 is 2.70 bits per heavy atom. The first kappa shape index (κ1) is 24.1. The Kier molecular flexibility index (Phi) is 8.63. The number of hydrogen-bond acceptors (Lipinski definition) is 6. The molecule has 1 heterocycles. The third kappa shape index (κ3) is 6.68. The fourth-order valence-electron chi connectivity index (χ4n) is 3.50. The van der Waals surface area contributed by atoms with Crippen molar-refractivity contribution in [1.82, 2.24) is 14.9 Å². The Morgan fingerprint density at radius 1 is 1.33 bits per heavy atom. The number of nitrogens with two attached hydrogens (primary N) is 1. The molecule has 30 heavy (non-hydrogen) atoms. The van der Waals surface area contributed by atoms with Gasteiger partial charge in [0.15, 0.2) is 0 Å². The van der Waals surface area contributed by atoms with Gasteiger partial charge >= 0.3 is 0 Å². The van der Waals surface area contributed by atoms with Crippen LogP contribution < -0.4 is 20.5 Å². The minimum Gasteiger partial charge on any atom is -0.495 e. The summed E-state index contributed by atoms with van der Waals surface area (Å²) in [4.78, 5) is 26.0. The molecule has 1 unspecified atom stereocenters. The second kappa shape index (κ2) is 10.7. The highest BCUT2D eigenvalue weighted by molar-refractivity contribution is 7.89. The standard InChI is InChI=1S/C20H32N4O5S/c1-14(2)23-30(27,28)18-12-15(7-8-17(18)29-3)20(26)22-9-5-11-24-10-4-6-16(13-24)19(21)25/h7-8,12,14,16,23H,4-6,9-11,13H2,1-3H3,(H2,21,25)(H,22,26). The zero-order valence-electron chi connectivity index (χ0n) is 17.8. The molecule has 1 atom stereocenters. The van der Waals surface area contributed by atoms with Crippen LogP contribution in [0.25, 0.3) is 0 Å². The number of hydrogen-bond donors (Lipinski definition) is 3. The van der Waals surface area contributed by atoms with E-state index < -0.39 is 10.0 Å². The Balaban J connectivity index is 1.94. The average molecular weight is 441 g/mol. The minimum atomic E-state index is -3.81. The topological polar surface area (TPSA) is 131 Å². The number of carbonyl (C=O) groups excluding carboxylic acids is 2. The molecular formula is C20H32N4O5S. The quantitative estimate of drug-likeness (QED) is 0.459. The normalized spacial score (nSPS) is 17.7. The van der Waals surface area contributed by atoms with Gasteiger partial charge < -0.3 is 20.7 Å². The lowest BCUT2D eigenvalue weighted by atomic mass is 9.97. The Morgan fingerprint density at radius 2 is 2.07 bits per heavy atom. The summed E-state index contributed by atoms with van der Waals surface area (Å²) < 4.78 is 32.7. The molecule has 0 bridgehead atoms. The van der Waals surface area contributed by atoms with Crippen molar-refractivity contribution in [3.63, 3.8) is 0 Å². The molecule has 2 amide bonds. The molecule has 1 aromatic rings. The summed E-state index contributed by atoms with van der Waals surface area (Å²) in [6, 6.07) is 4.04. The summed E-state index contributed by atoms with van der Waals surface area (Å²) in [5, 5.41) is 2.82. The van der Waals surface area contributed by atoms with Gasteiger partial charge in [-0.1, -0.05) is 0 Å². The number of benzene rings is 1. The molecule has 4 N–H and O–H groups in total. The number of amides is 2. The highest BCUT2D eigenvalue weighted by Crippen LogP contribution is 2.25. The third-order valence-electron chi connectivity index (χ3n) is 4.95. The van der Waals surface area contributed by atoms with E-state index in [9.17, 15) is 18.0 Å². The number of methoxy groups -OCH3 is 1. The Hall–Kier alpha value is -2.17. The van der Waals surface area contributed by atoms with Gasteiger partial charge in [-0.15, -0.1) is 0 Å². The molecule has 0 aromatic heterocycles. The molecule has 1 saturated heterocycles. The predicted molar refractivity (Wildman–Crippen MR) is 114 cm³/mol. The van der Waals surface area contributed by atoms with Gasteiger partial charge in [-0.3, -0.25) is 9.59 Å². The van der Waals surface area contributed by atoms with Crippen LogP contribution in [0, 0.1) is 5.92 Å². The van der Waals surface area contributed by atoms with Crippen LogP contribution >= 0.6 is 0 Å². The fourth-order valence-corrected chi connectivity index (χ4v) is 4.95. The molecular weight excluding hydrogens is 408 g/mol. The Labute approximate surface area is 178 Å². The average Bonchev–Trinajstić information content (AvgIpc) is 2.69. The maximum atomic E-state index is 12.5. The lowest BCUT2D eigenvalue weighted by molar-refractivity contribution is -0.123. The van der Waals surface area contributed by atoms with E-state index in [4.69, 9.17) is 10.5 Å². The summed E-state index contributed by atoms with van der Waals surface area (Å²) in [6.07, 6.45) is 2.48. The third-order valence-corrected chi connectivity index (χ3v) is 6.63. The summed E-state index contributed by atoms with van der Waals surface area (Å²) in [7, 11) is -2.43. The Bertz CT molecular complexity index is 857. The van der Waals surface area contributed by atoms with Crippen LogP contribution in [0.3, 0.4) is 0 Å². The van der Waals surface area contributed by atoms with Crippen molar-refractivity contribution in [1.29, 1.82) is 0 Å². The molecule has 2 rings (SSSR count). The van der Waals surface area contributed by atoms with Crippen LogP contribution in [-0.2, 0) is 14.8 Å². The van der Waals surface area contributed by atoms with Gasteiger partial charge in [0.25, 0.3) is 5.91 Å². The van der Waals surface area contributed by atoms with E-state index >= 15 is 0 Å². The number of nitrogens with one attached hydrogen (secondary N) is 2. The molecule has 1 fully saturated rings. The van der Waals surface area contributed by atoms with Gasteiger partial charge in [0, 0.05) is 24.7 Å². The van der Waals surface area contributed by atoms with E-state index in [2.05, 4.69) is 14.9 Å². The zero-order chi connectivity index (χ0) is 22.3. The first-order chi connectivity index (χ1) is 14.1. The number of rotatable bonds is 10. The highest BCUT2D eigenvalue weighted by atomic mass is 32.2. The summed E-state index contributed by atoms with van der Waals surface area (Å²) in [5.41, 5.74) is 5.64. The monoisotopic (exact) mass is 440 g/mol. The van der Waals surface area contributed by atoms with Gasteiger partial charge in [0.1, 0.15) is 10.6 Å². The predicted octanol–water partition coefficient (Wildman–Crippen LogP) is 0.699. The summed E-state index contributed by atoms with van der Waals surface area (Å²) in [6.45, 7) is 6.20. The van der Waals surface area contributed by atoms with E-state index in [0.29, 0.717) is 19.5 Å². The molecule has 0 aliphatic carbocycles. The van der Waals surface area contributed by atoms with Crippen LogP contribution in [0.4, 0.5) is 0 Å². The second-order valence-corrected chi connectivity index (χ2v) is 9.48. The van der Waals surface area contributed by atoms with E-state index in [1.54, 1.807) is 13.8 Å². The first-order valence-electron chi connectivity index (χ1n) is 10.1. The number of likely N-dealkylation sites (tertiary alicyclic amines) is 1. The van der Waals surface area contributed by atoms with Gasteiger partial charge in [-0.25, -0.2) is 13.1 Å². The number of nitrogens with zero attached hydrogens (tertiary/aromatic N) is 1. The van der Waals surface area contributed by atoms with Crippen molar-refractivity contribution in [2.75, 3.05) is 33.3 Å². The number of carbonyl (C=O) groups is 2. The molecule has 0 saturated carbocycles. The fraction of sp³-hybridized carbons (Fsp3) is 0.600. The number of primary amides is 1. The molecule has 10 heteroatoms. The SMILES string of the molecule is COc1ccc(C(=O)NCCCN2CCCC(C(N)=O)C2)cc1S(=O)(=O)NC(C)C. The van der Waals surface area contributed by atoms with Crippen LogP contribution in [0.2, 0.25) is 0 Å². The molecule has 1 aliphatic rings. The van der Waals surface area contributed by atoms with Crippen LogP contribution in [-0.4, -0.2) is 64.5 Å². The molecule has 1 aliphatic heterocycles. The van der Waals surface area contributed by atoms with Crippen molar-refractivity contribution in [3.8, 4) is 5.75 Å². The zero-order valence-corrected chi connectivity index (χ0v) is 18.6. The van der Waals surface area contributed by atoms with Gasteiger partial charge in [0.2, 0.25) is 15.9 Å². The van der Waals surface area contributed by atoms with Crippen molar-refractivity contribution < 1.29 is 22.7 Å². The van der Waals surface area contributed by atoms with Crippen LogP contribution in [0.1, 0.15) is 43.5 Å². The van der Waals surface area contributed by atoms with Gasteiger partial charge in [-0.2, -0.15) is 0 Å². The van der Waals surface area contributed by atoms with E-state index in [1.165, 1.54) is 25.3 Å². The molecule has 9 nitrogen and oxygen atoms in total. The van der Waals surface area contributed by atoms with E-state index in [1.807, 2.05) is 0 Å². The number of sulfonamides is 1. The minimum absolute atomic E-state index is 0.0721. The van der Waals surface area contributed by atoms with Gasteiger partial charge in [-0.05, 0) is 64.4 Å². The molecule has 168 valence electrons. The number of piperidine rings is 1. The maximum absolute atomic E-state index is 12.5. The molecule has 0 spiro atoms. The lowest BCUT2D eigenvalue weighted by Gasteiger charge is -2.31. The van der Waals surface area contributed by atoms with Crippen LogP contribution in [0.15, 0.2) is 23.1 Å². The second-order valence-electron chi connectivity index (χ2n) is 7.79. The van der Waals surface area contributed by atoms with Crippen LogP contribution in [0.5, 0.6) is 5.75 Å². The van der Waals surface area contributed by atoms with Crippen molar-refractivity contribution in [2.45, 2.75) is 44.0 Å². The smallest absolute Gasteiger partial charge is 0.251 e. The summed E-state index contributed by atoms with van der Waals surface area (Å²) >= 11 is 0. The largest absolute Gasteiger partial charge is 0.495 e. The highest BCUT2D eigenvalue weighted by Gasteiger charge is 2.24. The van der Waals surface area contributed by atoms with Crippen molar-refractivity contribution in [2.24, 2.45) is 11.7 Å². The summed E-state index contributed by atoms with van der Waals surface area (Å²) in [5.74, 6) is -0.543. The van der Waals surface area contributed by atoms with E-state index in [-0.39, 0.29) is 40.0 Å². The maximum Gasteiger partial charge on any atom is 0.251 e. The number of ether oxygens (including phenoxy) is 1. The van der Waals surface area contributed by atoms with E-state index in [0.717, 1.165) is 25.9 Å². The van der Waals surface area contributed by atoms with Gasteiger partial charge in [0.05, 0.1) is 13.0 Å².